The van der Waals surface area contributed by atoms with Crippen LogP contribution < -0.4 is 15.1 Å². The van der Waals surface area contributed by atoms with Crippen LogP contribution in [0, 0.1) is 0 Å². The van der Waals surface area contributed by atoms with Crippen molar-refractivity contribution in [2.75, 3.05) is 12.0 Å². The Morgan fingerprint density at radius 2 is 1.87 bits per heavy atom. The Labute approximate surface area is 170 Å². The Hall–Kier alpha value is -4.13. The number of methoxy groups -OCH3 is 1. The molecule has 0 radical (unpaired) electrons. The van der Waals surface area contributed by atoms with Gasteiger partial charge in [-0.15, -0.1) is 0 Å². The van der Waals surface area contributed by atoms with E-state index in [2.05, 4.69) is 4.98 Å². The highest BCUT2D eigenvalue weighted by Crippen LogP contribution is 2.42. The second kappa shape index (κ2) is 6.73. The molecule has 1 aliphatic heterocycles. The zero-order valence-corrected chi connectivity index (χ0v) is 15.9. The number of rotatable bonds is 3. The van der Waals surface area contributed by atoms with Crippen LogP contribution in [0.2, 0.25) is 0 Å². The molecule has 0 aliphatic carbocycles. The zero-order valence-electron chi connectivity index (χ0n) is 15.9. The highest BCUT2D eigenvalue weighted by molar-refractivity contribution is 6.10. The summed E-state index contributed by atoms with van der Waals surface area (Å²) in [6.07, 6.45) is 1.58. The molecule has 0 fully saturated rings. The molecule has 7 nitrogen and oxygen atoms in total. The minimum atomic E-state index is -0.780. The third kappa shape index (κ3) is 2.56. The van der Waals surface area contributed by atoms with Gasteiger partial charge in [0.15, 0.2) is 16.9 Å². The Morgan fingerprint density at radius 1 is 1.07 bits per heavy atom. The molecule has 4 aromatic rings. The van der Waals surface area contributed by atoms with Gasteiger partial charge in [-0.1, -0.05) is 24.3 Å². The number of fused-ring (bicyclic) bond motifs is 2. The SMILES string of the molecule is COc1cc(C2c3c(oc4ccccc4c3=O)C(=O)N2c2ccccn2)ccc1O. The molecule has 0 saturated carbocycles. The van der Waals surface area contributed by atoms with Crippen molar-refractivity contribution >= 4 is 22.7 Å². The van der Waals surface area contributed by atoms with E-state index in [1.54, 1.807) is 60.8 Å². The van der Waals surface area contributed by atoms with E-state index >= 15 is 0 Å². The monoisotopic (exact) mass is 400 g/mol. The van der Waals surface area contributed by atoms with E-state index in [0.29, 0.717) is 22.4 Å². The first-order valence-corrected chi connectivity index (χ1v) is 9.27. The van der Waals surface area contributed by atoms with E-state index in [0.717, 1.165) is 0 Å². The second-order valence-corrected chi connectivity index (χ2v) is 6.87. The number of amides is 1. The smallest absolute Gasteiger partial charge is 0.296 e. The lowest BCUT2D eigenvalue weighted by Crippen LogP contribution is -2.30. The fourth-order valence-electron chi connectivity index (χ4n) is 3.83. The lowest BCUT2D eigenvalue weighted by Gasteiger charge is -2.24. The predicted octanol–water partition coefficient (Wildman–Crippen LogP) is 3.65. The summed E-state index contributed by atoms with van der Waals surface area (Å²) in [5.41, 5.74) is 0.886. The van der Waals surface area contributed by atoms with E-state index in [1.807, 2.05) is 0 Å². The average Bonchev–Trinajstić information content (AvgIpc) is 3.07. The van der Waals surface area contributed by atoms with Crippen LogP contribution in [-0.4, -0.2) is 23.1 Å². The summed E-state index contributed by atoms with van der Waals surface area (Å²) in [7, 11) is 1.44. The number of carbonyl (C=O) groups is 1. The van der Waals surface area contributed by atoms with Crippen LogP contribution in [0.1, 0.15) is 27.7 Å². The van der Waals surface area contributed by atoms with Gasteiger partial charge >= 0.3 is 0 Å². The molecule has 0 saturated heterocycles. The molecular formula is C23H16N2O5. The molecule has 30 heavy (non-hydrogen) atoms. The normalized spacial score (nSPS) is 15.4. The number of para-hydroxylation sites is 1. The maximum atomic E-state index is 13.4. The number of anilines is 1. The Kier molecular flexibility index (Phi) is 4.03. The van der Waals surface area contributed by atoms with Crippen LogP contribution in [0.3, 0.4) is 0 Å². The third-order valence-corrected chi connectivity index (χ3v) is 5.19. The van der Waals surface area contributed by atoms with Crippen molar-refractivity contribution in [2.24, 2.45) is 0 Å². The first kappa shape index (κ1) is 17.9. The minimum absolute atomic E-state index is 0.0126. The molecule has 1 N–H and O–H groups in total. The maximum Gasteiger partial charge on any atom is 0.296 e. The number of nitrogens with zero attached hydrogens (tertiary/aromatic N) is 2. The van der Waals surface area contributed by atoms with E-state index in [9.17, 15) is 14.7 Å². The van der Waals surface area contributed by atoms with Crippen molar-refractivity contribution < 1.29 is 19.1 Å². The lowest BCUT2D eigenvalue weighted by molar-refractivity contribution is 0.0970. The molecule has 7 heteroatoms. The number of aromatic hydroxyl groups is 1. The number of carbonyl (C=O) groups excluding carboxylic acids is 1. The van der Waals surface area contributed by atoms with Gasteiger partial charge in [0.1, 0.15) is 11.4 Å². The van der Waals surface area contributed by atoms with Crippen LogP contribution in [0.4, 0.5) is 5.82 Å². The standard InChI is InChI=1S/C23H16N2O5/c1-29-17-12-13(9-10-15(17)26)20-19-21(27)14-6-2-3-7-16(14)30-22(19)23(28)25(20)18-8-4-5-11-24-18/h2-12,20,26H,1H3. The topological polar surface area (TPSA) is 92.9 Å². The molecule has 1 aliphatic rings. The summed E-state index contributed by atoms with van der Waals surface area (Å²) < 4.78 is 11.1. The van der Waals surface area contributed by atoms with Gasteiger partial charge in [0.25, 0.3) is 5.91 Å². The van der Waals surface area contributed by atoms with E-state index in [4.69, 9.17) is 9.15 Å². The maximum absolute atomic E-state index is 13.4. The summed E-state index contributed by atoms with van der Waals surface area (Å²) in [5, 5.41) is 10.4. The summed E-state index contributed by atoms with van der Waals surface area (Å²) in [4.78, 5) is 32.5. The number of phenols is 1. The molecule has 1 atom stereocenters. The van der Waals surface area contributed by atoms with Gasteiger partial charge in [-0.05, 0) is 42.0 Å². The number of hydrogen-bond acceptors (Lipinski definition) is 6. The Morgan fingerprint density at radius 3 is 2.63 bits per heavy atom. The molecule has 0 spiro atoms. The lowest BCUT2D eigenvalue weighted by atomic mass is 9.98. The summed E-state index contributed by atoms with van der Waals surface area (Å²) in [6, 6.07) is 16.0. The van der Waals surface area contributed by atoms with Gasteiger partial charge in [0.2, 0.25) is 5.76 Å². The van der Waals surface area contributed by atoms with Crippen molar-refractivity contribution in [3.63, 3.8) is 0 Å². The van der Waals surface area contributed by atoms with E-state index in [-0.39, 0.29) is 28.3 Å². The van der Waals surface area contributed by atoms with E-state index < -0.39 is 11.9 Å². The molecule has 1 amide bonds. The summed E-state index contributed by atoms with van der Waals surface area (Å²) >= 11 is 0. The highest BCUT2D eigenvalue weighted by Gasteiger charge is 2.44. The van der Waals surface area contributed by atoms with Gasteiger partial charge in [0.05, 0.1) is 24.1 Å². The quantitative estimate of drug-likeness (QED) is 0.564. The largest absolute Gasteiger partial charge is 0.504 e. The second-order valence-electron chi connectivity index (χ2n) is 6.87. The van der Waals surface area contributed by atoms with Crippen molar-refractivity contribution in [1.29, 1.82) is 0 Å². The minimum Gasteiger partial charge on any atom is -0.504 e. The van der Waals surface area contributed by atoms with Crippen LogP contribution >= 0.6 is 0 Å². The molecule has 5 rings (SSSR count). The first-order chi connectivity index (χ1) is 14.6. The van der Waals surface area contributed by atoms with Gasteiger partial charge in [-0.2, -0.15) is 0 Å². The Balaban J connectivity index is 1.83. The number of phenolic OH excluding ortho intramolecular Hbond substituents is 1. The molecular weight excluding hydrogens is 384 g/mol. The number of aromatic nitrogens is 1. The molecule has 0 bridgehead atoms. The number of hydrogen-bond donors (Lipinski definition) is 1. The predicted molar refractivity (Wildman–Crippen MR) is 110 cm³/mol. The number of ether oxygens (including phenoxy) is 1. The van der Waals surface area contributed by atoms with Crippen molar-refractivity contribution in [2.45, 2.75) is 6.04 Å². The van der Waals surface area contributed by atoms with Gasteiger partial charge in [0, 0.05) is 6.20 Å². The number of pyridine rings is 1. The Bertz CT molecular complexity index is 1350. The highest BCUT2D eigenvalue weighted by atomic mass is 16.5. The summed E-state index contributed by atoms with van der Waals surface area (Å²) in [6.45, 7) is 0. The zero-order chi connectivity index (χ0) is 20.8. The van der Waals surface area contributed by atoms with Crippen LogP contribution in [0.25, 0.3) is 11.0 Å². The molecule has 1 unspecified atom stereocenters. The van der Waals surface area contributed by atoms with Gasteiger partial charge in [-0.3, -0.25) is 14.5 Å². The van der Waals surface area contributed by atoms with Crippen LogP contribution in [0.15, 0.2) is 76.1 Å². The van der Waals surface area contributed by atoms with Crippen LogP contribution in [0.5, 0.6) is 11.5 Å². The number of benzene rings is 2. The molecule has 2 aromatic heterocycles. The molecule has 2 aromatic carbocycles. The van der Waals surface area contributed by atoms with Crippen LogP contribution in [-0.2, 0) is 0 Å². The van der Waals surface area contributed by atoms with Gasteiger partial charge < -0.3 is 14.3 Å². The van der Waals surface area contributed by atoms with Crippen molar-refractivity contribution in [3.05, 3.63) is 94.0 Å². The molecule has 3 heterocycles. The average molecular weight is 400 g/mol. The molecule has 148 valence electrons. The third-order valence-electron chi connectivity index (χ3n) is 5.19. The summed E-state index contributed by atoms with van der Waals surface area (Å²) in [5.74, 6) is 0.111. The van der Waals surface area contributed by atoms with Gasteiger partial charge in [-0.25, -0.2) is 4.98 Å². The van der Waals surface area contributed by atoms with Crippen molar-refractivity contribution in [1.82, 2.24) is 4.98 Å². The fourth-order valence-corrected chi connectivity index (χ4v) is 3.83. The fraction of sp³-hybridized carbons (Fsp3) is 0.0870. The van der Waals surface area contributed by atoms with Crippen molar-refractivity contribution in [3.8, 4) is 11.5 Å². The van der Waals surface area contributed by atoms with E-state index in [1.165, 1.54) is 18.1 Å². The first-order valence-electron chi connectivity index (χ1n) is 9.27.